The van der Waals surface area contributed by atoms with E-state index in [2.05, 4.69) is 0 Å². The summed E-state index contributed by atoms with van der Waals surface area (Å²) in [5.41, 5.74) is 2.99. The van der Waals surface area contributed by atoms with E-state index in [1.807, 2.05) is 24.3 Å². The number of aromatic carboxylic acids is 1. The van der Waals surface area contributed by atoms with E-state index in [9.17, 15) is 14.8 Å². The highest BCUT2D eigenvalue weighted by atomic mass is 16.5. The van der Waals surface area contributed by atoms with Gasteiger partial charge in [-0.1, -0.05) is 30.3 Å². The second-order valence-electron chi connectivity index (χ2n) is 5.51. The van der Waals surface area contributed by atoms with Crippen molar-refractivity contribution in [2.24, 2.45) is 0 Å². The number of hydrogen-bond donors (Lipinski definition) is 3. The molecule has 3 N–H and O–H groups in total. The molecule has 3 rings (SSSR count). The highest BCUT2D eigenvalue weighted by Gasteiger charge is 2.14. The zero-order chi connectivity index (χ0) is 17.3. The fourth-order valence-corrected chi connectivity index (χ4v) is 2.65. The van der Waals surface area contributed by atoms with Crippen molar-refractivity contribution in [2.75, 3.05) is 0 Å². The highest BCUT2D eigenvalue weighted by molar-refractivity contribution is 5.95. The molecule has 0 unspecified atom stereocenters. The molecule has 0 radical (unpaired) electrons. The Hall–Kier alpha value is -3.28. The molecule has 0 saturated heterocycles. The van der Waals surface area contributed by atoms with Crippen molar-refractivity contribution in [3.63, 3.8) is 0 Å². The van der Waals surface area contributed by atoms with E-state index in [4.69, 9.17) is 10.2 Å². The number of aromatic nitrogens is 1. The zero-order valence-electron chi connectivity index (χ0n) is 12.6. The first-order valence-electron chi connectivity index (χ1n) is 7.35. The van der Waals surface area contributed by atoms with Gasteiger partial charge < -0.3 is 15.4 Å². The number of carboxylic acid groups (broad SMARTS) is 2. The van der Waals surface area contributed by atoms with Crippen LogP contribution in [0.25, 0.3) is 22.0 Å². The molecular formula is C18H15NO5. The molecule has 24 heavy (non-hydrogen) atoms. The van der Waals surface area contributed by atoms with Crippen LogP contribution < -0.4 is 0 Å². The Balaban J connectivity index is 1.92. The lowest BCUT2D eigenvalue weighted by Crippen LogP contribution is -2.04. The predicted molar refractivity (Wildman–Crippen MR) is 87.5 cm³/mol. The van der Waals surface area contributed by atoms with Gasteiger partial charge >= 0.3 is 11.9 Å². The van der Waals surface area contributed by atoms with Gasteiger partial charge in [-0.15, -0.1) is 0 Å². The molecule has 3 aromatic rings. The lowest BCUT2D eigenvalue weighted by Gasteiger charge is -2.05. The number of benzene rings is 2. The number of carboxylic acids is 2. The molecule has 0 aliphatic heterocycles. The topological polar surface area (TPSA) is 99.8 Å². The van der Waals surface area contributed by atoms with Crippen LogP contribution in [0.5, 0.6) is 0 Å². The summed E-state index contributed by atoms with van der Waals surface area (Å²) in [6.07, 6.45) is 0.567. The van der Waals surface area contributed by atoms with Gasteiger partial charge in [-0.2, -0.15) is 4.73 Å². The van der Waals surface area contributed by atoms with Crippen molar-refractivity contribution in [3.8, 4) is 11.1 Å². The van der Waals surface area contributed by atoms with Gasteiger partial charge in [0.15, 0.2) is 5.69 Å². The standard InChI is InChI=1S/C18H15NO5/c20-17(21)8-3-11-1-4-12(5-2-11)13-6-7-15-14(9-13)10-16(18(22)23)19(15)24/h1-2,4-7,9-10,24H,3,8H2,(H,20,21)(H,22,23). The van der Waals surface area contributed by atoms with E-state index in [0.29, 0.717) is 22.1 Å². The van der Waals surface area contributed by atoms with Gasteiger partial charge in [0.25, 0.3) is 0 Å². The van der Waals surface area contributed by atoms with Crippen molar-refractivity contribution in [2.45, 2.75) is 12.8 Å². The third-order valence-electron chi connectivity index (χ3n) is 3.91. The maximum Gasteiger partial charge on any atom is 0.356 e. The highest BCUT2D eigenvalue weighted by Crippen LogP contribution is 2.26. The summed E-state index contributed by atoms with van der Waals surface area (Å²) in [7, 11) is 0. The number of aryl methyl sites for hydroxylation is 1. The van der Waals surface area contributed by atoms with E-state index in [1.165, 1.54) is 6.07 Å². The molecule has 6 nitrogen and oxygen atoms in total. The van der Waals surface area contributed by atoms with Gasteiger partial charge in [-0.05, 0) is 41.3 Å². The first kappa shape index (κ1) is 15.6. The van der Waals surface area contributed by atoms with Crippen LogP contribution >= 0.6 is 0 Å². The Kier molecular flexibility index (Phi) is 3.95. The molecule has 0 spiro atoms. The van der Waals surface area contributed by atoms with Crippen molar-refractivity contribution in [1.82, 2.24) is 4.73 Å². The molecule has 0 fully saturated rings. The van der Waals surface area contributed by atoms with Gasteiger partial charge in [-0.25, -0.2) is 4.79 Å². The molecular weight excluding hydrogens is 310 g/mol. The zero-order valence-corrected chi connectivity index (χ0v) is 12.6. The second kappa shape index (κ2) is 6.08. The maximum absolute atomic E-state index is 11.1. The van der Waals surface area contributed by atoms with Gasteiger partial charge in [0.05, 0.1) is 5.52 Å². The Morgan fingerprint density at radius 3 is 2.21 bits per heavy atom. The third kappa shape index (κ3) is 2.94. The Bertz CT molecular complexity index is 924. The monoisotopic (exact) mass is 325 g/mol. The normalized spacial score (nSPS) is 10.8. The van der Waals surface area contributed by atoms with Gasteiger partial charge in [-0.3, -0.25) is 4.79 Å². The summed E-state index contributed by atoms with van der Waals surface area (Å²) >= 11 is 0. The van der Waals surface area contributed by atoms with Crippen LogP contribution in [0.3, 0.4) is 0 Å². The molecule has 1 aromatic heterocycles. The fraction of sp³-hybridized carbons (Fsp3) is 0.111. The quantitative estimate of drug-likeness (QED) is 0.625. The molecule has 1 heterocycles. The van der Waals surface area contributed by atoms with Crippen LogP contribution in [0.4, 0.5) is 0 Å². The van der Waals surface area contributed by atoms with Crippen LogP contribution in [-0.2, 0) is 11.2 Å². The Morgan fingerprint density at radius 2 is 1.58 bits per heavy atom. The maximum atomic E-state index is 11.1. The number of rotatable bonds is 5. The molecule has 2 aromatic carbocycles. The molecule has 0 bridgehead atoms. The Morgan fingerprint density at radius 1 is 0.917 bits per heavy atom. The average Bonchev–Trinajstić information content (AvgIpc) is 2.90. The van der Waals surface area contributed by atoms with Crippen LogP contribution in [0, 0.1) is 0 Å². The van der Waals surface area contributed by atoms with Crippen molar-refractivity contribution >= 4 is 22.8 Å². The first-order valence-corrected chi connectivity index (χ1v) is 7.35. The lowest BCUT2D eigenvalue weighted by molar-refractivity contribution is -0.136. The molecule has 0 atom stereocenters. The first-order chi connectivity index (χ1) is 11.5. The van der Waals surface area contributed by atoms with Crippen molar-refractivity contribution in [3.05, 3.63) is 59.8 Å². The number of fused-ring (bicyclic) bond motifs is 1. The van der Waals surface area contributed by atoms with Crippen LogP contribution in [0.1, 0.15) is 22.5 Å². The van der Waals surface area contributed by atoms with Gasteiger partial charge in [0.1, 0.15) is 0 Å². The van der Waals surface area contributed by atoms with Gasteiger partial charge in [0, 0.05) is 11.8 Å². The minimum absolute atomic E-state index is 0.0906. The lowest BCUT2D eigenvalue weighted by atomic mass is 10.0. The molecule has 122 valence electrons. The molecule has 6 heteroatoms. The summed E-state index contributed by atoms with van der Waals surface area (Å²) < 4.78 is 0.663. The smallest absolute Gasteiger partial charge is 0.356 e. The third-order valence-corrected chi connectivity index (χ3v) is 3.91. The summed E-state index contributed by atoms with van der Waals surface area (Å²) in [6.45, 7) is 0. The summed E-state index contributed by atoms with van der Waals surface area (Å²) in [5.74, 6) is -2.02. The predicted octanol–water partition coefficient (Wildman–Crippen LogP) is 3.26. The summed E-state index contributed by atoms with van der Waals surface area (Å²) in [4.78, 5) is 21.7. The minimum atomic E-state index is -1.20. The van der Waals surface area contributed by atoms with E-state index < -0.39 is 11.9 Å². The largest absolute Gasteiger partial charge is 0.481 e. The summed E-state index contributed by atoms with van der Waals surface area (Å²) in [6, 6.07) is 14.2. The molecule has 0 aliphatic carbocycles. The van der Waals surface area contributed by atoms with Crippen molar-refractivity contribution in [1.29, 1.82) is 0 Å². The molecule has 0 saturated carbocycles. The van der Waals surface area contributed by atoms with Crippen LogP contribution in [-0.4, -0.2) is 32.1 Å². The van der Waals surface area contributed by atoms with E-state index in [0.717, 1.165) is 16.7 Å². The second-order valence-corrected chi connectivity index (χ2v) is 5.51. The molecule has 0 aliphatic rings. The fourth-order valence-electron chi connectivity index (χ4n) is 2.65. The average molecular weight is 325 g/mol. The number of aliphatic carboxylic acids is 1. The molecule has 0 amide bonds. The van der Waals surface area contributed by atoms with Gasteiger partial charge in [0.2, 0.25) is 0 Å². The summed E-state index contributed by atoms with van der Waals surface area (Å²) in [5, 5.41) is 28.2. The van der Waals surface area contributed by atoms with Crippen molar-refractivity contribution < 1.29 is 25.0 Å². The number of nitrogens with zero attached hydrogens (tertiary/aromatic N) is 1. The van der Waals surface area contributed by atoms with E-state index >= 15 is 0 Å². The van der Waals surface area contributed by atoms with Crippen LogP contribution in [0.2, 0.25) is 0 Å². The minimum Gasteiger partial charge on any atom is -0.481 e. The SMILES string of the molecule is O=C(O)CCc1ccc(-c2ccc3c(c2)cc(C(=O)O)n3O)cc1. The van der Waals surface area contributed by atoms with E-state index in [1.54, 1.807) is 18.2 Å². The van der Waals surface area contributed by atoms with Crippen LogP contribution in [0.15, 0.2) is 48.5 Å². The number of hydrogen-bond acceptors (Lipinski definition) is 3. The number of carbonyl (C=O) groups is 2. The Labute approximate surface area is 137 Å². The van der Waals surface area contributed by atoms with E-state index in [-0.39, 0.29) is 12.1 Å².